The van der Waals surface area contributed by atoms with E-state index in [0.717, 1.165) is 0 Å². The molecule has 1 aromatic heterocycles. The summed E-state index contributed by atoms with van der Waals surface area (Å²) in [4.78, 5) is 55.8. The molecule has 2 heterocycles. The molecule has 4 atom stereocenters. The van der Waals surface area contributed by atoms with Crippen molar-refractivity contribution in [3.05, 3.63) is 22.5 Å². The zero-order valence-electron chi connectivity index (χ0n) is 14.9. The van der Waals surface area contributed by atoms with Crippen LogP contribution in [0.3, 0.4) is 0 Å². The zero-order valence-corrected chi connectivity index (χ0v) is 17.6. The van der Waals surface area contributed by atoms with Gasteiger partial charge in [0.25, 0.3) is 5.56 Å². The lowest BCUT2D eigenvalue weighted by atomic mass is 10.1. The van der Waals surface area contributed by atoms with Gasteiger partial charge in [0.05, 0.1) is 19.3 Å². The minimum atomic E-state index is -5.56. The second-order valence-electron chi connectivity index (χ2n) is 6.29. The van der Waals surface area contributed by atoms with E-state index in [2.05, 4.69) is 28.4 Å². The lowest BCUT2D eigenvalue weighted by Crippen LogP contribution is -2.33. The van der Waals surface area contributed by atoms with Crippen molar-refractivity contribution in [2.75, 3.05) is 29.2 Å². The molecular formula is C11H18N5O11P3. The average Bonchev–Trinajstić information content (AvgIpc) is 3.15. The number of nitrogens with zero attached hydrogens (tertiary/aromatic N) is 2. The number of phosphoric acid groups is 3. The summed E-state index contributed by atoms with van der Waals surface area (Å²) in [6.07, 6.45) is 3.77. The minimum Gasteiger partial charge on any atom is -0.369 e. The Bertz CT molecular complexity index is 1050. The first kappa shape index (κ1) is 23.1. The second-order valence-corrected chi connectivity index (χ2v) is 10.7. The molecule has 1 aliphatic heterocycles. The van der Waals surface area contributed by atoms with Crippen molar-refractivity contribution in [2.24, 2.45) is 5.92 Å². The van der Waals surface area contributed by atoms with E-state index in [9.17, 15) is 23.4 Å². The molecule has 0 spiro atoms. The zero-order chi connectivity index (χ0) is 22.3. The second kappa shape index (κ2) is 8.17. The van der Waals surface area contributed by atoms with E-state index in [1.807, 2.05) is 0 Å². The highest BCUT2D eigenvalue weighted by atomic mass is 31.3. The number of hydrogen-bond donors (Lipinski definition) is 7. The number of nitrogen functional groups attached to an aromatic ring is 1. The molecule has 19 heteroatoms. The average molecular weight is 489 g/mol. The van der Waals surface area contributed by atoms with Crippen LogP contribution in [0.4, 0.5) is 17.5 Å². The van der Waals surface area contributed by atoms with Gasteiger partial charge in [-0.1, -0.05) is 12.2 Å². The molecule has 2 unspecified atom stereocenters. The molecule has 1 aromatic rings. The first-order chi connectivity index (χ1) is 13.7. The molecule has 16 nitrogen and oxygen atoms in total. The molecule has 168 valence electrons. The Kier molecular flexibility index (Phi) is 6.29. The van der Waals surface area contributed by atoms with Crippen LogP contribution in [0.15, 0.2) is 16.9 Å². The van der Waals surface area contributed by atoms with E-state index >= 15 is 0 Å². The van der Waals surface area contributed by atoms with E-state index in [1.165, 1.54) is 0 Å². The monoisotopic (exact) mass is 489 g/mol. The molecule has 0 radical (unpaired) electrons. The lowest BCUT2D eigenvalue weighted by Gasteiger charge is -2.24. The van der Waals surface area contributed by atoms with E-state index in [-0.39, 0.29) is 24.3 Å². The normalized spacial score (nSPS) is 24.9. The molecule has 0 saturated carbocycles. The van der Waals surface area contributed by atoms with Crippen molar-refractivity contribution in [2.45, 2.75) is 12.5 Å². The Hall–Kier alpha value is -1.57. The van der Waals surface area contributed by atoms with Crippen LogP contribution in [0.25, 0.3) is 0 Å². The van der Waals surface area contributed by atoms with Crippen LogP contribution in [0.5, 0.6) is 0 Å². The van der Waals surface area contributed by atoms with Crippen LogP contribution >= 0.6 is 23.5 Å². The van der Waals surface area contributed by atoms with Gasteiger partial charge < -0.3 is 35.5 Å². The number of phosphoric ester groups is 1. The predicted molar refractivity (Wildman–Crippen MR) is 101 cm³/mol. The maximum atomic E-state index is 11.9. The van der Waals surface area contributed by atoms with Gasteiger partial charge >= 0.3 is 23.5 Å². The van der Waals surface area contributed by atoms with Gasteiger partial charge in [0.15, 0.2) is 5.82 Å². The maximum absolute atomic E-state index is 11.9. The third-order valence-electron chi connectivity index (χ3n) is 4.03. The minimum absolute atomic E-state index is 0.0568. The van der Waals surface area contributed by atoms with Gasteiger partial charge in [0.1, 0.15) is 5.69 Å². The Labute approximate surface area is 168 Å². The highest BCUT2D eigenvalue weighted by Crippen LogP contribution is 2.66. The first-order valence-corrected chi connectivity index (χ1v) is 12.6. The molecule has 0 aromatic carbocycles. The van der Waals surface area contributed by atoms with Crippen LogP contribution in [0.2, 0.25) is 0 Å². The number of aromatic nitrogens is 2. The summed E-state index contributed by atoms with van der Waals surface area (Å²) in [5.41, 5.74) is 5.40. The molecule has 0 fully saturated rings. The summed E-state index contributed by atoms with van der Waals surface area (Å²) >= 11 is 0. The number of nitrogens with one attached hydrogen (secondary N) is 2. The third-order valence-corrected chi connectivity index (χ3v) is 7.84. The smallest absolute Gasteiger partial charge is 0.369 e. The number of fused-ring (bicyclic) bond motifs is 1. The standard InChI is InChI=1S/C11H18N5O11P3/c12-11-14-9-8(10(17)15-11)13-5-16(9)7-2-1-6(3-7)4-25-29(21,22)27-30(23,24)26-28(18,19)20/h1-2,6-7,13H,3-5H2,(H,21,22)(H,23,24)(H2,18,19,20)(H3,12,14,15,17)/t6-,7+/m1/s1. The first-order valence-electron chi connectivity index (χ1n) is 8.12. The number of nitrogens with two attached hydrogens (primary N) is 1. The highest BCUT2D eigenvalue weighted by Gasteiger charge is 2.41. The fourth-order valence-corrected chi connectivity index (χ4v) is 6.03. The van der Waals surface area contributed by atoms with E-state index in [0.29, 0.717) is 12.2 Å². The van der Waals surface area contributed by atoms with Crippen LogP contribution in [0.1, 0.15) is 6.42 Å². The summed E-state index contributed by atoms with van der Waals surface area (Å²) in [6, 6.07) is -0.262. The quantitative estimate of drug-likeness (QED) is 0.185. The molecule has 0 saturated heterocycles. The van der Waals surface area contributed by atoms with Crippen LogP contribution in [-0.2, 0) is 26.8 Å². The van der Waals surface area contributed by atoms with Crippen LogP contribution < -0.4 is 21.5 Å². The summed E-state index contributed by atoms with van der Waals surface area (Å²) in [7, 11) is -16.2. The Morgan fingerprint density at radius 1 is 1.17 bits per heavy atom. The topological polar surface area (TPSA) is 247 Å². The fourth-order valence-electron chi connectivity index (χ4n) is 2.96. The van der Waals surface area contributed by atoms with Crippen molar-refractivity contribution in [1.29, 1.82) is 0 Å². The van der Waals surface area contributed by atoms with Crippen molar-refractivity contribution in [3.63, 3.8) is 0 Å². The summed E-state index contributed by atoms with van der Waals surface area (Å²) in [5, 5.41) is 2.90. The van der Waals surface area contributed by atoms with Crippen molar-refractivity contribution >= 4 is 40.9 Å². The van der Waals surface area contributed by atoms with Gasteiger partial charge in [0.2, 0.25) is 5.95 Å². The van der Waals surface area contributed by atoms with Crippen molar-refractivity contribution in [1.82, 2.24) is 9.97 Å². The highest BCUT2D eigenvalue weighted by molar-refractivity contribution is 7.66. The van der Waals surface area contributed by atoms with Crippen LogP contribution in [0, 0.1) is 5.92 Å². The van der Waals surface area contributed by atoms with Gasteiger partial charge in [-0.15, -0.1) is 0 Å². The van der Waals surface area contributed by atoms with E-state index in [4.69, 9.17) is 20.4 Å². The van der Waals surface area contributed by atoms with Crippen molar-refractivity contribution < 1.29 is 46.4 Å². The molecule has 3 rings (SSSR count). The van der Waals surface area contributed by atoms with Crippen LogP contribution in [-0.4, -0.2) is 48.9 Å². The largest absolute Gasteiger partial charge is 0.490 e. The van der Waals surface area contributed by atoms with Gasteiger partial charge in [-0.25, -0.2) is 13.7 Å². The van der Waals surface area contributed by atoms with Crippen molar-refractivity contribution in [3.8, 4) is 0 Å². The Morgan fingerprint density at radius 2 is 1.87 bits per heavy atom. The van der Waals surface area contributed by atoms with Gasteiger partial charge in [-0.2, -0.15) is 13.6 Å². The van der Waals surface area contributed by atoms with E-state index in [1.54, 1.807) is 17.1 Å². The molecular weight excluding hydrogens is 471 g/mol. The molecule has 30 heavy (non-hydrogen) atoms. The number of aromatic amines is 1. The molecule has 0 amide bonds. The molecule has 0 bridgehead atoms. The Morgan fingerprint density at radius 3 is 2.53 bits per heavy atom. The predicted octanol–water partition coefficient (Wildman–Crippen LogP) is -0.171. The third kappa shape index (κ3) is 5.77. The lowest BCUT2D eigenvalue weighted by molar-refractivity contribution is 0.160. The number of hydrogen-bond acceptors (Lipinski definition) is 11. The van der Waals surface area contributed by atoms with Gasteiger partial charge in [-0.05, 0) is 6.42 Å². The van der Waals surface area contributed by atoms with E-state index < -0.39 is 41.6 Å². The fraction of sp³-hybridized carbons (Fsp3) is 0.455. The summed E-state index contributed by atoms with van der Waals surface area (Å²) in [5.74, 6) is -0.138. The number of H-pyrrole nitrogens is 1. The molecule has 2 aliphatic rings. The van der Waals surface area contributed by atoms with Gasteiger partial charge in [-0.3, -0.25) is 14.3 Å². The van der Waals surface area contributed by atoms with Gasteiger partial charge in [0, 0.05) is 5.92 Å². The Balaban J connectivity index is 1.57. The number of anilines is 3. The molecule has 8 N–H and O–H groups in total. The summed E-state index contributed by atoms with van der Waals surface area (Å²) in [6.45, 7) is -0.151. The number of rotatable bonds is 8. The SMILES string of the molecule is Nc1nc2c(c(=O)[nH]1)NCN2[C@H]1C=C[C@@H](COP(=O)(O)OP(=O)(O)OP(=O)(O)O)C1. The molecule has 1 aliphatic carbocycles. The summed E-state index contributed by atoms with van der Waals surface area (Å²) < 4.78 is 45.7. The maximum Gasteiger partial charge on any atom is 0.490 e.